The van der Waals surface area contributed by atoms with Crippen molar-refractivity contribution in [3.63, 3.8) is 0 Å². The summed E-state index contributed by atoms with van der Waals surface area (Å²) in [5.74, 6) is 0.472. The zero-order chi connectivity index (χ0) is 14.2. The van der Waals surface area contributed by atoms with Crippen LogP contribution in [0.25, 0.3) is 0 Å². The Balaban J connectivity index is 0.00000161. The maximum atomic E-state index is 13.1. The molecule has 1 heterocycles. The first-order valence-corrected chi connectivity index (χ1v) is 7.23. The molecule has 1 aromatic carbocycles. The fraction of sp³-hybridized carbons (Fsp3) is 0.562. The molecule has 0 bridgehead atoms. The van der Waals surface area contributed by atoms with Crippen LogP contribution in [0.1, 0.15) is 43.2 Å². The van der Waals surface area contributed by atoms with Crippen LogP contribution in [-0.4, -0.2) is 6.10 Å². The van der Waals surface area contributed by atoms with Gasteiger partial charge in [-0.1, -0.05) is 25.0 Å². The van der Waals surface area contributed by atoms with Gasteiger partial charge in [0.25, 0.3) is 0 Å². The number of benzene rings is 1. The summed E-state index contributed by atoms with van der Waals surface area (Å²) in [6.07, 6.45) is 3.56. The smallest absolute Gasteiger partial charge is 0.489 e. The zero-order valence-electron chi connectivity index (χ0n) is 12.2. The number of ether oxygens (including phenoxy) is 1. The van der Waals surface area contributed by atoms with Gasteiger partial charge >= 0.3 is 64.4 Å². The van der Waals surface area contributed by atoms with E-state index in [0.29, 0.717) is 17.9 Å². The standard InChI is InChI=1S/C16H18F3O.Rb/c17-16(18,19)13-8-4-7-12-9-10-14(20-15(12)13)11-5-2-1-3-6-11;/h1,4,7-8,11,14H,2-3,5-6,9-10H2;/q-1;+1. The molecule has 110 valence electrons. The second-order valence-electron chi connectivity index (χ2n) is 5.69. The summed E-state index contributed by atoms with van der Waals surface area (Å²) in [6.45, 7) is 0. The van der Waals surface area contributed by atoms with E-state index in [0.717, 1.165) is 38.2 Å². The molecular formula is C16H18F3ORb. The molecule has 21 heavy (non-hydrogen) atoms. The number of halogens is 3. The molecule has 0 aromatic heterocycles. The van der Waals surface area contributed by atoms with Crippen LogP contribution in [0.4, 0.5) is 13.2 Å². The SMILES string of the molecule is FC(F)(F)c1cccc2c1OC(C1CC[CH-]CC1)CC2.[Rb+]. The van der Waals surface area contributed by atoms with E-state index in [4.69, 9.17) is 4.74 Å². The Morgan fingerprint density at radius 1 is 1.10 bits per heavy atom. The van der Waals surface area contributed by atoms with Crippen molar-refractivity contribution in [3.05, 3.63) is 35.7 Å². The normalized spacial score (nSPS) is 22.9. The van der Waals surface area contributed by atoms with Crippen molar-refractivity contribution >= 4 is 0 Å². The van der Waals surface area contributed by atoms with Gasteiger partial charge in [0, 0.05) is 0 Å². The van der Waals surface area contributed by atoms with Crippen molar-refractivity contribution in [1.82, 2.24) is 0 Å². The van der Waals surface area contributed by atoms with Crippen molar-refractivity contribution in [1.29, 1.82) is 0 Å². The molecule has 3 rings (SSSR count). The van der Waals surface area contributed by atoms with Gasteiger partial charge in [-0.2, -0.15) is 26.0 Å². The molecule has 0 amide bonds. The Kier molecular flexibility index (Phi) is 6.38. The third-order valence-corrected chi connectivity index (χ3v) is 4.38. The van der Waals surface area contributed by atoms with E-state index in [1.54, 1.807) is 6.07 Å². The molecule has 1 atom stereocenters. The van der Waals surface area contributed by atoms with Crippen molar-refractivity contribution in [3.8, 4) is 5.75 Å². The topological polar surface area (TPSA) is 9.23 Å². The molecule has 1 nitrogen and oxygen atoms in total. The predicted molar refractivity (Wildman–Crippen MR) is 70.4 cm³/mol. The molecule has 1 unspecified atom stereocenters. The van der Waals surface area contributed by atoms with E-state index < -0.39 is 11.7 Å². The molecule has 1 fully saturated rings. The van der Waals surface area contributed by atoms with Crippen LogP contribution >= 0.6 is 0 Å². The Bertz CT molecular complexity index is 481. The minimum atomic E-state index is -4.34. The summed E-state index contributed by atoms with van der Waals surface area (Å²) in [6, 6.07) is 4.34. The zero-order valence-corrected chi connectivity index (χ0v) is 17.2. The van der Waals surface area contributed by atoms with E-state index in [1.165, 1.54) is 6.07 Å². The van der Waals surface area contributed by atoms with Crippen LogP contribution in [0.15, 0.2) is 18.2 Å². The number of fused-ring (bicyclic) bond motifs is 1. The van der Waals surface area contributed by atoms with Gasteiger partial charge in [-0.15, -0.1) is 0 Å². The average molecular weight is 369 g/mol. The third-order valence-electron chi connectivity index (χ3n) is 4.38. The molecule has 5 heteroatoms. The van der Waals surface area contributed by atoms with Crippen molar-refractivity contribution < 1.29 is 76.1 Å². The van der Waals surface area contributed by atoms with Crippen LogP contribution in [0.2, 0.25) is 0 Å². The van der Waals surface area contributed by atoms with E-state index >= 15 is 0 Å². The summed E-state index contributed by atoms with van der Waals surface area (Å²) in [5.41, 5.74) is 0.0699. The third kappa shape index (κ3) is 4.12. The van der Waals surface area contributed by atoms with Crippen LogP contribution in [-0.2, 0) is 12.6 Å². The molecule has 2 aliphatic rings. The van der Waals surface area contributed by atoms with Crippen molar-refractivity contribution in [2.75, 3.05) is 0 Å². The predicted octanol–water partition coefficient (Wildman–Crippen LogP) is 1.80. The van der Waals surface area contributed by atoms with Gasteiger partial charge in [0.2, 0.25) is 0 Å². The molecule has 0 radical (unpaired) electrons. The number of hydrogen-bond donors (Lipinski definition) is 0. The Morgan fingerprint density at radius 3 is 2.48 bits per heavy atom. The first-order valence-electron chi connectivity index (χ1n) is 7.23. The number of rotatable bonds is 1. The summed E-state index contributed by atoms with van der Waals surface area (Å²) in [7, 11) is 0. The molecule has 0 saturated heterocycles. The number of para-hydroxylation sites is 1. The van der Waals surface area contributed by atoms with E-state index in [-0.39, 0.29) is 70.0 Å². The largest absolute Gasteiger partial charge is 1.00 e. The summed E-state index contributed by atoms with van der Waals surface area (Å²) >= 11 is 0. The average Bonchev–Trinajstić information content (AvgIpc) is 2.46. The fourth-order valence-electron chi connectivity index (χ4n) is 3.31. The van der Waals surface area contributed by atoms with Crippen LogP contribution in [0.5, 0.6) is 5.75 Å². The molecule has 0 N–H and O–H groups in total. The number of alkyl halides is 3. The first kappa shape index (κ1) is 18.0. The van der Waals surface area contributed by atoms with E-state index in [1.807, 2.05) is 0 Å². The molecule has 0 spiro atoms. The quantitative estimate of drug-likeness (QED) is 0.687. The van der Waals surface area contributed by atoms with Crippen LogP contribution in [0, 0.1) is 12.3 Å². The number of hydrogen-bond acceptors (Lipinski definition) is 1. The Hall–Kier alpha value is 0.615. The molecule has 1 aliphatic heterocycles. The molecule has 1 aliphatic carbocycles. The van der Waals surface area contributed by atoms with Gasteiger partial charge < -0.3 is 11.2 Å². The molecule has 1 aromatic rings. The van der Waals surface area contributed by atoms with Crippen LogP contribution in [0.3, 0.4) is 0 Å². The Morgan fingerprint density at radius 2 is 1.81 bits per heavy atom. The molecular weight excluding hydrogens is 351 g/mol. The Labute approximate surface area is 172 Å². The first-order chi connectivity index (χ1) is 9.55. The van der Waals surface area contributed by atoms with Gasteiger partial charge in [-0.3, -0.25) is 0 Å². The van der Waals surface area contributed by atoms with Gasteiger partial charge in [0.1, 0.15) is 11.9 Å². The maximum absolute atomic E-state index is 13.1. The summed E-state index contributed by atoms with van der Waals surface area (Å²) < 4.78 is 45.0. The van der Waals surface area contributed by atoms with Crippen molar-refractivity contribution in [2.45, 2.75) is 50.8 Å². The van der Waals surface area contributed by atoms with Gasteiger partial charge in [-0.25, -0.2) is 0 Å². The monoisotopic (exact) mass is 368 g/mol. The summed E-state index contributed by atoms with van der Waals surface area (Å²) in [5, 5.41) is 0. The van der Waals surface area contributed by atoms with Gasteiger partial charge in [0.05, 0.1) is 5.56 Å². The van der Waals surface area contributed by atoms with Gasteiger partial charge in [-0.05, 0) is 30.4 Å². The van der Waals surface area contributed by atoms with Crippen molar-refractivity contribution in [2.24, 2.45) is 5.92 Å². The van der Waals surface area contributed by atoms with E-state index in [9.17, 15) is 13.2 Å². The number of aryl methyl sites for hydroxylation is 1. The van der Waals surface area contributed by atoms with Gasteiger partial charge in [0.15, 0.2) is 0 Å². The maximum Gasteiger partial charge on any atom is 1.00 e. The second kappa shape index (κ2) is 7.46. The molecule has 1 saturated carbocycles. The van der Waals surface area contributed by atoms with Crippen LogP contribution < -0.4 is 62.9 Å². The fourth-order valence-corrected chi connectivity index (χ4v) is 3.31. The minimum Gasteiger partial charge on any atom is -0.489 e. The van der Waals surface area contributed by atoms with E-state index in [2.05, 4.69) is 6.42 Å². The summed E-state index contributed by atoms with van der Waals surface area (Å²) in [4.78, 5) is 0. The minimum absolute atomic E-state index is 0. The second-order valence-corrected chi connectivity index (χ2v) is 5.69.